The topological polar surface area (TPSA) is 16.4 Å². The molecule has 2 rings (SSSR count). The van der Waals surface area contributed by atoms with Crippen molar-refractivity contribution in [3.05, 3.63) is 35.6 Å². The number of aryl methyl sites for hydroxylation is 1. The van der Waals surface area contributed by atoms with E-state index in [-0.39, 0.29) is 0 Å². The predicted octanol–water partition coefficient (Wildman–Crippen LogP) is 2.80. The third kappa shape index (κ3) is 1.53. The van der Waals surface area contributed by atoms with E-state index in [1.807, 2.05) is 18.4 Å². The van der Waals surface area contributed by atoms with Gasteiger partial charge in [-0.3, -0.25) is 0 Å². The molecule has 0 aliphatic rings. The van der Waals surface area contributed by atoms with E-state index in [0.29, 0.717) is 0 Å². The van der Waals surface area contributed by atoms with E-state index in [1.165, 1.54) is 16.5 Å². The van der Waals surface area contributed by atoms with Gasteiger partial charge in [0.25, 0.3) is 0 Å². The van der Waals surface area contributed by atoms with Crippen molar-refractivity contribution in [2.75, 3.05) is 14.1 Å². The summed E-state index contributed by atoms with van der Waals surface area (Å²) in [5, 5.41) is 1.27. The van der Waals surface area contributed by atoms with Gasteiger partial charge in [0, 0.05) is 17.5 Å². The highest BCUT2D eigenvalue weighted by Crippen LogP contribution is 2.24. The zero-order valence-corrected chi connectivity index (χ0v) is 8.87. The van der Waals surface area contributed by atoms with Crippen molar-refractivity contribution in [3.63, 3.8) is 0 Å². The summed E-state index contributed by atoms with van der Waals surface area (Å²) in [4.78, 5) is 2.15. The van der Waals surface area contributed by atoms with Crippen molar-refractivity contribution < 1.29 is 4.42 Å². The SMILES string of the molecule is Cc1cccc2occ(CN(C)C)c12. The monoisotopic (exact) mass is 189 g/mol. The molecule has 14 heavy (non-hydrogen) atoms. The molecule has 0 aliphatic carbocycles. The average Bonchev–Trinajstić information content (AvgIpc) is 2.49. The van der Waals surface area contributed by atoms with E-state index >= 15 is 0 Å². The van der Waals surface area contributed by atoms with Gasteiger partial charge in [-0.15, -0.1) is 0 Å². The fraction of sp³-hybridized carbons (Fsp3) is 0.333. The molecule has 0 spiro atoms. The zero-order valence-electron chi connectivity index (χ0n) is 8.87. The first-order valence-electron chi connectivity index (χ1n) is 4.79. The zero-order chi connectivity index (χ0) is 10.1. The van der Waals surface area contributed by atoms with Gasteiger partial charge in [0.2, 0.25) is 0 Å². The molecular weight excluding hydrogens is 174 g/mol. The molecule has 0 radical (unpaired) electrons. The standard InChI is InChI=1S/C12H15NO/c1-9-5-4-6-11-12(9)10(8-14-11)7-13(2)3/h4-6,8H,7H2,1-3H3. The second kappa shape index (κ2) is 3.46. The highest BCUT2D eigenvalue weighted by Gasteiger charge is 2.08. The molecule has 74 valence electrons. The third-order valence-electron chi connectivity index (χ3n) is 2.37. The van der Waals surface area contributed by atoms with Gasteiger partial charge < -0.3 is 9.32 Å². The van der Waals surface area contributed by atoms with Crippen LogP contribution in [0.3, 0.4) is 0 Å². The Hall–Kier alpha value is -1.28. The van der Waals surface area contributed by atoms with Crippen LogP contribution in [0.15, 0.2) is 28.9 Å². The van der Waals surface area contributed by atoms with Crippen LogP contribution in [-0.2, 0) is 6.54 Å². The van der Waals surface area contributed by atoms with Crippen molar-refractivity contribution in [1.29, 1.82) is 0 Å². The summed E-state index contributed by atoms with van der Waals surface area (Å²) in [6.45, 7) is 3.05. The van der Waals surface area contributed by atoms with Crippen molar-refractivity contribution in [1.82, 2.24) is 4.90 Å². The van der Waals surface area contributed by atoms with E-state index in [0.717, 1.165) is 12.1 Å². The van der Waals surface area contributed by atoms with Crippen LogP contribution in [0.5, 0.6) is 0 Å². The molecule has 0 amide bonds. The first-order valence-corrected chi connectivity index (χ1v) is 4.79. The molecule has 0 saturated carbocycles. The summed E-state index contributed by atoms with van der Waals surface area (Å²) >= 11 is 0. The van der Waals surface area contributed by atoms with Crippen LogP contribution in [0, 0.1) is 6.92 Å². The lowest BCUT2D eigenvalue weighted by Gasteiger charge is -2.07. The van der Waals surface area contributed by atoms with Gasteiger partial charge >= 0.3 is 0 Å². The Balaban J connectivity index is 2.55. The van der Waals surface area contributed by atoms with E-state index in [1.54, 1.807) is 0 Å². The number of benzene rings is 1. The van der Waals surface area contributed by atoms with E-state index in [4.69, 9.17) is 4.42 Å². The fourth-order valence-electron chi connectivity index (χ4n) is 1.80. The molecule has 0 unspecified atom stereocenters. The number of furan rings is 1. The van der Waals surface area contributed by atoms with E-state index in [9.17, 15) is 0 Å². The smallest absolute Gasteiger partial charge is 0.134 e. The third-order valence-corrected chi connectivity index (χ3v) is 2.37. The maximum absolute atomic E-state index is 5.50. The van der Waals surface area contributed by atoms with Crippen LogP contribution in [0.25, 0.3) is 11.0 Å². The minimum absolute atomic E-state index is 0.928. The molecule has 1 aromatic carbocycles. The molecule has 1 aromatic heterocycles. The van der Waals surface area contributed by atoms with Crippen molar-refractivity contribution in [3.8, 4) is 0 Å². The lowest BCUT2D eigenvalue weighted by atomic mass is 10.1. The molecule has 0 bridgehead atoms. The second-order valence-electron chi connectivity index (χ2n) is 3.95. The second-order valence-corrected chi connectivity index (χ2v) is 3.95. The van der Waals surface area contributed by atoms with Crippen LogP contribution in [-0.4, -0.2) is 19.0 Å². The summed E-state index contributed by atoms with van der Waals surface area (Å²) in [6.07, 6.45) is 1.86. The van der Waals surface area contributed by atoms with Crippen LogP contribution in [0.2, 0.25) is 0 Å². The molecule has 0 saturated heterocycles. The van der Waals surface area contributed by atoms with Gasteiger partial charge in [-0.1, -0.05) is 12.1 Å². The van der Waals surface area contributed by atoms with Gasteiger partial charge in [0.05, 0.1) is 6.26 Å². The van der Waals surface area contributed by atoms with Crippen LogP contribution in [0.1, 0.15) is 11.1 Å². The van der Waals surface area contributed by atoms with Gasteiger partial charge in [-0.2, -0.15) is 0 Å². The highest BCUT2D eigenvalue weighted by atomic mass is 16.3. The lowest BCUT2D eigenvalue weighted by molar-refractivity contribution is 0.401. The number of fused-ring (bicyclic) bond motifs is 1. The molecule has 2 heteroatoms. The van der Waals surface area contributed by atoms with Crippen molar-refractivity contribution in [2.45, 2.75) is 13.5 Å². The Morgan fingerprint density at radius 1 is 1.29 bits per heavy atom. The minimum Gasteiger partial charge on any atom is -0.464 e. The number of rotatable bonds is 2. The van der Waals surface area contributed by atoms with Crippen LogP contribution in [0.4, 0.5) is 0 Å². The molecular formula is C12H15NO. The van der Waals surface area contributed by atoms with Gasteiger partial charge in [0.1, 0.15) is 5.58 Å². The summed E-state index contributed by atoms with van der Waals surface area (Å²) in [6, 6.07) is 6.17. The quantitative estimate of drug-likeness (QED) is 0.722. The lowest BCUT2D eigenvalue weighted by Crippen LogP contribution is -2.10. The van der Waals surface area contributed by atoms with E-state index < -0.39 is 0 Å². The molecule has 0 N–H and O–H groups in total. The Morgan fingerprint density at radius 2 is 2.07 bits per heavy atom. The Kier molecular flexibility index (Phi) is 2.30. The maximum Gasteiger partial charge on any atom is 0.134 e. The molecule has 0 aliphatic heterocycles. The van der Waals surface area contributed by atoms with Crippen LogP contribution >= 0.6 is 0 Å². The largest absolute Gasteiger partial charge is 0.464 e. The van der Waals surface area contributed by atoms with E-state index in [2.05, 4.69) is 32.0 Å². The first kappa shape index (κ1) is 9.28. The Labute approximate surface area is 84.1 Å². The summed E-state index contributed by atoms with van der Waals surface area (Å²) in [5.74, 6) is 0. The normalized spacial score (nSPS) is 11.4. The maximum atomic E-state index is 5.50. The molecule has 2 nitrogen and oxygen atoms in total. The fourth-order valence-corrected chi connectivity index (χ4v) is 1.80. The first-order chi connectivity index (χ1) is 6.68. The minimum atomic E-state index is 0.928. The molecule has 2 aromatic rings. The van der Waals surface area contributed by atoms with Gasteiger partial charge in [-0.25, -0.2) is 0 Å². The molecule has 0 fully saturated rings. The number of hydrogen-bond acceptors (Lipinski definition) is 2. The van der Waals surface area contributed by atoms with Crippen molar-refractivity contribution >= 4 is 11.0 Å². The predicted molar refractivity (Wildman–Crippen MR) is 58.3 cm³/mol. The summed E-state index contributed by atoms with van der Waals surface area (Å²) < 4.78 is 5.50. The average molecular weight is 189 g/mol. The molecule has 1 heterocycles. The number of nitrogens with zero attached hydrogens (tertiary/aromatic N) is 1. The number of hydrogen-bond donors (Lipinski definition) is 0. The summed E-state index contributed by atoms with van der Waals surface area (Å²) in [5.41, 5.74) is 3.54. The Bertz CT molecular complexity index is 443. The van der Waals surface area contributed by atoms with Gasteiger partial charge in [-0.05, 0) is 32.6 Å². The highest BCUT2D eigenvalue weighted by molar-refractivity contribution is 5.84. The van der Waals surface area contributed by atoms with Crippen LogP contribution < -0.4 is 0 Å². The van der Waals surface area contributed by atoms with Crippen molar-refractivity contribution in [2.24, 2.45) is 0 Å². The summed E-state index contributed by atoms with van der Waals surface area (Å²) in [7, 11) is 4.13. The Morgan fingerprint density at radius 3 is 2.79 bits per heavy atom. The van der Waals surface area contributed by atoms with Gasteiger partial charge in [0.15, 0.2) is 0 Å². The molecule has 0 atom stereocenters.